The third-order valence-corrected chi connectivity index (χ3v) is 4.31. The maximum Gasteiger partial charge on any atom is 0.263 e. The van der Waals surface area contributed by atoms with Gasteiger partial charge in [0, 0.05) is 12.5 Å². The Kier molecular flexibility index (Phi) is 4.88. The van der Waals surface area contributed by atoms with Gasteiger partial charge in [0.05, 0.1) is 0 Å². The molecule has 0 unspecified atom stereocenters. The summed E-state index contributed by atoms with van der Waals surface area (Å²) in [6, 6.07) is 15.0. The van der Waals surface area contributed by atoms with E-state index >= 15 is 0 Å². The number of carbonyl (C=O) groups is 1. The normalized spacial score (nSPS) is 11.9. The van der Waals surface area contributed by atoms with Gasteiger partial charge < -0.3 is 15.2 Å². The number of benzene rings is 2. The zero-order valence-electron chi connectivity index (χ0n) is 14.9. The second kappa shape index (κ2) is 6.56. The lowest BCUT2D eigenvalue weighted by atomic mass is 9.78. The minimum absolute atomic E-state index is 0.170. The number of amides is 1. The predicted molar refractivity (Wildman–Crippen MR) is 95.5 cm³/mol. The minimum Gasteiger partial charge on any atom is -0.508 e. The molecule has 0 bridgehead atoms. The molecule has 0 fully saturated rings. The smallest absolute Gasteiger partial charge is 0.263 e. The summed E-state index contributed by atoms with van der Waals surface area (Å²) in [5.41, 5.74) is 1.10. The van der Waals surface area contributed by atoms with Gasteiger partial charge in [-0.3, -0.25) is 4.79 Å². The quantitative estimate of drug-likeness (QED) is 0.882. The Balaban J connectivity index is 2.22. The summed E-state index contributed by atoms with van der Waals surface area (Å²) in [5, 5.41) is 12.1. The van der Waals surface area contributed by atoms with Gasteiger partial charge in [0.15, 0.2) is 5.60 Å². The Bertz CT molecular complexity index is 701. The van der Waals surface area contributed by atoms with E-state index < -0.39 is 5.60 Å². The van der Waals surface area contributed by atoms with Crippen molar-refractivity contribution in [3.05, 3.63) is 59.7 Å². The van der Waals surface area contributed by atoms with Crippen LogP contribution in [0.2, 0.25) is 0 Å². The number of likely N-dealkylation sites (N-methyl/N-ethyl adjacent to an activating group) is 1. The van der Waals surface area contributed by atoms with Crippen LogP contribution in [0.15, 0.2) is 48.5 Å². The van der Waals surface area contributed by atoms with Crippen LogP contribution in [0.3, 0.4) is 0 Å². The first kappa shape index (κ1) is 17.9. The van der Waals surface area contributed by atoms with Gasteiger partial charge in [0.2, 0.25) is 0 Å². The first-order valence-corrected chi connectivity index (χ1v) is 7.98. The van der Waals surface area contributed by atoms with Crippen molar-refractivity contribution in [3.8, 4) is 11.5 Å². The zero-order valence-corrected chi connectivity index (χ0v) is 14.9. The van der Waals surface area contributed by atoms with Gasteiger partial charge >= 0.3 is 0 Å². The molecule has 2 rings (SSSR count). The summed E-state index contributed by atoms with van der Waals surface area (Å²) >= 11 is 0. The van der Waals surface area contributed by atoms with Crippen LogP contribution >= 0.6 is 0 Å². The second-order valence-corrected chi connectivity index (χ2v) is 6.89. The third-order valence-electron chi connectivity index (χ3n) is 4.31. The molecule has 1 amide bonds. The monoisotopic (exact) mass is 327 g/mol. The molecule has 0 aliphatic rings. The highest BCUT2D eigenvalue weighted by molar-refractivity contribution is 5.84. The number of nitrogens with one attached hydrogen (secondary N) is 1. The number of rotatable bonds is 5. The van der Waals surface area contributed by atoms with Gasteiger partial charge in [0.25, 0.3) is 5.91 Å². The molecule has 0 aliphatic carbocycles. The lowest BCUT2D eigenvalue weighted by molar-refractivity contribution is -0.133. The molecule has 2 aromatic rings. The topological polar surface area (TPSA) is 58.6 Å². The molecule has 4 heteroatoms. The Morgan fingerprint density at radius 1 is 0.917 bits per heavy atom. The van der Waals surface area contributed by atoms with Crippen molar-refractivity contribution in [1.82, 2.24) is 5.32 Å². The minimum atomic E-state index is -0.928. The summed E-state index contributed by atoms with van der Waals surface area (Å²) in [5.74, 6) is 0.736. The summed E-state index contributed by atoms with van der Waals surface area (Å²) < 4.78 is 5.80. The van der Waals surface area contributed by atoms with E-state index in [1.807, 2.05) is 36.4 Å². The molecule has 2 N–H and O–H groups in total. The molecule has 0 spiro atoms. The molecule has 4 nitrogen and oxygen atoms in total. The lowest BCUT2D eigenvalue weighted by Crippen LogP contribution is -2.45. The van der Waals surface area contributed by atoms with Crippen molar-refractivity contribution in [2.24, 2.45) is 0 Å². The zero-order chi connectivity index (χ0) is 18.0. The highest BCUT2D eigenvalue weighted by Gasteiger charge is 2.29. The van der Waals surface area contributed by atoms with Gasteiger partial charge in [-0.25, -0.2) is 0 Å². The van der Waals surface area contributed by atoms with Gasteiger partial charge in [-0.15, -0.1) is 0 Å². The molecule has 0 aromatic heterocycles. The summed E-state index contributed by atoms with van der Waals surface area (Å²) in [6.45, 7) is 7.73. The fourth-order valence-electron chi connectivity index (χ4n) is 2.63. The summed E-state index contributed by atoms with van der Waals surface area (Å²) in [4.78, 5) is 11.8. The fraction of sp³-hybridized carbons (Fsp3) is 0.350. The van der Waals surface area contributed by atoms with Crippen LogP contribution in [0.1, 0.15) is 38.8 Å². The van der Waals surface area contributed by atoms with Crippen LogP contribution in [0.5, 0.6) is 11.5 Å². The summed E-state index contributed by atoms with van der Waals surface area (Å²) in [6.07, 6.45) is 0. The van der Waals surface area contributed by atoms with Crippen molar-refractivity contribution in [2.45, 2.75) is 38.7 Å². The predicted octanol–water partition coefficient (Wildman–Crippen LogP) is 3.62. The van der Waals surface area contributed by atoms with E-state index in [2.05, 4.69) is 19.2 Å². The van der Waals surface area contributed by atoms with E-state index in [1.54, 1.807) is 33.0 Å². The molecule has 0 saturated carbocycles. The van der Waals surface area contributed by atoms with Crippen LogP contribution in [0.25, 0.3) is 0 Å². The van der Waals surface area contributed by atoms with Crippen LogP contribution in [0.4, 0.5) is 0 Å². The number of carbonyl (C=O) groups excluding carboxylic acids is 1. The van der Waals surface area contributed by atoms with Crippen molar-refractivity contribution >= 4 is 5.91 Å². The van der Waals surface area contributed by atoms with E-state index in [1.165, 1.54) is 0 Å². The van der Waals surface area contributed by atoms with E-state index in [0.29, 0.717) is 5.75 Å². The molecule has 0 radical (unpaired) electrons. The Morgan fingerprint density at radius 3 is 1.83 bits per heavy atom. The van der Waals surface area contributed by atoms with Crippen molar-refractivity contribution < 1.29 is 14.6 Å². The summed E-state index contributed by atoms with van der Waals surface area (Å²) in [7, 11) is 1.59. The molecule has 0 atom stereocenters. The average molecular weight is 327 g/mol. The maximum atomic E-state index is 11.8. The van der Waals surface area contributed by atoms with Gasteiger partial charge in [-0.05, 0) is 49.2 Å². The van der Waals surface area contributed by atoms with Crippen LogP contribution in [-0.4, -0.2) is 23.7 Å². The Morgan fingerprint density at radius 2 is 1.38 bits per heavy atom. The SMILES string of the molecule is CNC(=O)C(C)(C)Oc1ccc(C(C)(C)c2ccc(O)cc2)cc1. The molecular formula is C20H25NO3. The standard InChI is InChI=1S/C20H25NO3/c1-19(2,14-6-10-16(22)11-7-14)15-8-12-17(13-9-15)24-20(3,4)18(23)21-5/h6-13,22H,1-5H3,(H,21,23). The fourth-order valence-corrected chi connectivity index (χ4v) is 2.63. The number of hydrogen-bond donors (Lipinski definition) is 2. The molecule has 0 saturated heterocycles. The molecule has 24 heavy (non-hydrogen) atoms. The number of ether oxygens (including phenoxy) is 1. The highest BCUT2D eigenvalue weighted by atomic mass is 16.5. The van der Waals surface area contributed by atoms with Crippen LogP contribution < -0.4 is 10.1 Å². The number of phenolic OH excluding ortho intramolecular Hbond substituents is 1. The van der Waals surface area contributed by atoms with Crippen molar-refractivity contribution in [1.29, 1.82) is 0 Å². The third kappa shape index (κ3) is 3.70. The molecule has 0 heterocycles. The number of aromatic hydroxyl groups is 1. The van der Waals surface area contributed by atoms with E-state index in [4.69, 9.17) is 4.74 Å². The highest BCUT2D eigenvalue weighted by Crippen LogP contribution is 2.33. The Hall–Kier alpha value is -2.49. The van der Waals surface area contributed by atoms with Gasteiger partial charge in [-0.1, -0.05) is 38.1 Å². The molecule has 0 aliphatic heterocycles. The molecule has 128 valence electrons. The van der Waals surface area contributed by atoms with Crippen LogP contribution in [0, 0.1) is 0 Å². The van der Waals surface area contributed by atoms with E-state index in [0.717, 1.165) is 11.1 Å². The van der Waals surface area contributed by atoms with Crippen molar-refractivity contribution in [2.75, 3.05) is 7.05 Å². The van der Waals surface area contributed by atoms with E-state index in [-0.39, 0.29) is 17.1 Å². The molecular weight excluding hydrogens is 302 g/mol. The number of hydrogen-bond acceptors (Lipinski definition) is 3. The first-order chi connectivity index (χ1) is 11.2. The average Bonchev–Trinajstić information content (AvgIpc) is 2.54. The second-order valence-electron chi connectivity index (χ2n) is 6.89. The largest absolute Gasteiger partial charge is 0.508 e. The van der Waals surface area contributed by atoms with Crippen LogP contribution in [-0.2, 0) is 10.2 Å². The van der Waals surface area contributed by atoms with Crippen molar-refractivity contribution in [3.63, 3.8) is 0 Å². The van der Waals surface area contributed by atoms with E-state index in [9.17, 15) is 9.90 Å². The van der Waals surface area contributed by atoms with Gasteiger partial charge in [0.1, 0.15) is 11.5 Å². The molecule has 2 aromatic carbocycles. The lowest BCUT2D eigenvalue weighted by Gasteiger charge is -2.28. The van der Waals surface area contributed by atoms with Gasteiger partial charge in [-0.2, -0.15) is 0 Å². The number of phenols is 1. The maximum absolute atomic E-state index is 11.8. The Labute approximate surface area is 143 Å². The first-order valence-electron chi connectivity index (χ1n) is 7.98.